The zero-order chi connectivity index (χ0) is 35.7. The third-order valence-electron chi connectivity index (χ3n) is 8.50. The summed E-state index contributed by atoms with van der Waals surface area (Å²) in [5.41, 5.74) is 7.72. The molecule has 0 spiro atoms. The van der Waals surface area contributed by atoms with Gasteiger partial charge in [-0.05, 0) is 75.4 Å². The molecule has 1 aliphatic rings. The number of hydrogen-bond donors (Lipinski definition) is 0. The lowest BCUT2D eigenvalue weighted by Gasteiger charge is -2.25. The highest BCUT2D eigenvalue weighted by atomic mass is 16.5. The summed E-state index contributed by atoms with van der Waals surface area (Å²) in [6.45, 7) is 10.5. The van der Waals surface area contributed by atoms with Gasteiger partial charge in [0, 0.05) is 35.6 Å². The van der Waals surface area contributed by atoms with Gasteiger partial charge in [-0.3, -0.25) is 0 Å². The zero-order valence-corrected chi connectivity index (χ0v) is 27.7. The molecule has 6 nitrogen and oxygen atoms in total. The van der Waals surface area contributed by atoms with E-state index in [-0.39, 0.29) is 11.8 Å². The molecule has 0 N–H and O–H groups in total. The minimum atomic E-state index is -0.564. The van der Waals surface area contributed by atoms with Crippen molar-refractivity contribution >= 4 is 23.5 Å². The van der Waals surface area contributed by atoms with E-state index in [4.69, 9.17) is 14.2 Å². The number of hydrogen-bond acceptors (Lipinski definition) is 6. The van der Waals surface area contributed by atoms with Crippen LogP contribution in [0.2, 0.25) is 0 Å². The van der Waals surface area contributed by atoms with Crippen LogP contribution in [0, 0.1) is 5.92 Å². The van der Waals surface area contributed by atoms with Gasteiger partial charge in [-0.15, -0.1) is 0 Å². The Labute approximate surface area is 297 Å². The number of benzene rings is 5. The smallest absolute Gasteiger partial charge is 0.335 e. The van der Waals surface area contributed by atoms with Crippen molar-refractivity contribution in [3.05, 3.63) is 194 Å². The molecule has 5 aromatic rings. The van der Waals surface area contributed by atoms with Gasteiger partial charge < -0.3 is 14.2 Å². The average molecular weight is 671 g/mol. The van der Waals surface area contributed by atoms with Gasteiger partial charge in [0.05, 0.1) is 0 Å². The topological polar surface area (TPSA) is 78.9 Å². The Morgan fingerprint density at radius 1 is 0.549 bits per heavy atom. The molecular weight excluding hydrogens is 636 g/mol. The van der Waals surface area contributed by atoms with Gasteiger partial charge in [-0.25, -0.2) is 14.4 Å². The quantitative estimate of drug-likeness (QED) is 0.0747. The van der Waals surface area contributed by atoms with Gasteiger partial charge >= 0.3 is 17.9 Å². The number of carbonyl (C=O) groups excluding carboxylic acids is 3. The fraction of sp³-hybridized carbons (Fsp3) is 0.0444. The normalized spacial score (nSPS) is 13.7. The highest BCUT2D eigenvalue weighted by Crippen LogP contribution is 2.44. The van der Waals surface area contributed by atoms with Gasteiger partial charge in [0.25, 0.3) is 0 Å². The summed E-state index contributed by atoms with van der Waals surface area (Å²) in [6, 6.07) is 38.8. The first-order valence-electron chi connectivity index (χ1n) is 16.3. The van der Waals surface area contributed by atoms with E-state index >= 15 is 0 Å². The Bertz CT molecular complexity index is 2160. The molecule has 6 heteroatoms. The number of ether oxygens (including phenoxy) is 3. The molecule has 2 atom stereocenters. The van der Waals surface area contributed by atoms with Crippen LogP contribution >= 0.6 is 0 Å². The van der Waals surface area contributed by atoms with Crippen LogP contribution in [-0.4, -0.2) is 17.9 Å². The van der Waals surface area contributed by atoms with Crippen LogP contribution < -0.4 is 14.2 Å². The molecule has 0 fully saturated rings. The van der Waals surface area contributed by atoms with Crippen LogP contribution in [0.3, 0.4) is 0 Å². The summed E-state index contributed by atoms with van der Waals surface area (Å²) < 4.78 is 16.4. The highest BCUT2D eigenvalue weighted by molar-refractivity contribution is 5.85. The zero-order valence-electron chi connectivity index (χ0n) is 27.7. The maximum Gasteiger partial charge on any atom is 0.335 e. The van der Waals surface area contributed by atoms with Crippen molar-refractivity contribution in [2.24, 2.45) is 5.92 Å². The Morgan fingerprint density at radius 3 is 1.63 bits per heavy atom. The van der Waals surface area contributed by atoms with Crippen molar-refractivity contribution < 1.29 is 28.6 Å². The highest BCUT2D eigenvalue weighted by Gasteiger charge is 2.29. The monoisotopic (exact) mass is 670 g/mol. The third-order valence-corrected chi connectivity index (χ3v) is 8.50. The Morgan fingerprint density at radius 2 is 1.04 bits per heavy atom. The summed E-state index contributed by atoms with van der Waals surface area (Å²) in [5.74, 6) is -0.773. The number of allylic oxidation sites excluding steroid dienone is 4. The van der Waals surface area contributed by atoms with Crippen molar-refractivity contribution in [2.75, 3.05) is 0 Å². The summed E-state index contributed by atoms with van der Waals surface area (Å²) in [5, 5.41) is 0. The number of esters is 3. The number of rotatable bonds is 12. The summed E-state index contributed by atoms with van der Waals surface area (Å²) in [6.07, 6.45) is 9.79. The van der Waals surface area contributed by atoms with E-state index in [9.17, 15) is 14.4 Å². The second kappa shape index (κ2) is 15.6. The van der Waals surface area contributed by atoms with Gasteiger partial charge in [0.2, 0.25) is 0 Å². The lowest BCUT2D eigenvalue weighted by atomic mass is 9.79. The van der Waals surface area contributed by atoms with Crippen LogP contribution in [0.25, 0.3) is 27.8 Å². The third kappa shape index (κ3) is 8.10. The standard InChI is InChI=1S/C45H34O6/c1-4-42(46)49-38-23-18-32(19-24-38)35-16-17-37(28-35)45(34-14-12-31(13-15-34)30-10-8-7-9-11-30)40-29-36(22-27-41(40)51-44(48)6-3)33-20-25-39(26-21-33)50-43(47)5-2/h4-29,37,45H,1-3H2. The van der Waals surface area contributed by atoms with Crippen molar-refractivity contribution in [3.63, 3.8) is 0 Å². The Kier molecular flexibility index (Phi) is 10.4. The predicted octanol–water partition coefficient (Wildman–Crippen LogP) is 9.70. The molecule has 1 aliphatic carbocycles. The van der Waals surface area contributed by atoms with Crippen molar-refractivity contribution in [2.45, 2.75) is 5.92 Å². The molecule has 0 heterocycles. The summed E-state index contributed by atoms with van der Waals surface area (Å²) in [4.78, 5) is 36.0. The fourth-order valence-electron chi connectivity index (χ4n) is 6.02. The van der Waals surface area contributed by atoms with E-state index in [2.05, 4.69) is 74.4 Å². The molecule has 51 heavy (non-hydrogen) atoms. The predicted molar refractivity (Wildman–Crippen MR) is 200 cm³/mol. The van der Waals surface area contributed by atoms with E-state index in [0.717, 1.165) is 62.7 Å². The first-order valence-corrected chi connectivity index (χ1v) is 16.3. The van der Waals surface area contributed by atoms with E-state index in [0.29, 0.717) is 17.2 Å². The molecule has 0 aromatic heterocycles. The van der Waals surface area contributed by atoms with Crippen molar-refractivity contribution in [1.29, 1.82) is 0 Å². The average Bonchev–Trinajstić information content (AvgIpc) is 3.66. The fourth-order valence-corrected chi connectivity index (χ4v) is 6.02. The maximum atomic E-state index is 12.6. The second-order valence-electron chi connectivity index (χ2n) is 11.7. The first kappa shape index (κ1) is 34.1. The van der Waals surface area contributed by atoms with E-state index in [1.165, 1.54) is 0 Å². The van der Waals surface area contributed by atoms with Crippen LogP contribution in [0.1, 0.15) is 22.6 Å². The van der Waals surface area contributed by atoms with Crippen LogP contribution in [0.4, 0.5) is 0 Å². The molecule has 6 rings (SSSR count). The van der Waals surface area contributed by atoms with Gasteiger partial charge in [0.15, 0.2) is 0 Å². The lowest BCUT2D eigenvalue weighted by molar-refractivity contribution is -0.129. The summed E-state index contributed by atoms with van der Waals surface area (Å²) >= 11 is 0. The van der Waals surface area contributed by atoms with Gasteiger partial charge in [-0.2, -0.15) is 0 Å². The number of carbonyl (C=O) groups is 3. The molecule has 0 saturated heterocycles. The molecule has 250 valence electrons. The van der Waals surface area contributed by atoms with E-state index in [1.807, 2.05) is 54.6 Å². The SMILES string of the molecule is C=CC(=O)Oc1ccc(C2=CC(C(c3ccc(-c4ccccc4)cc3)c3cc(-c4ccc(OC(=O)C=C)cc4)ccc3OC(=O)C=C)C=C2)cc1. The van der Waals surface area contributed by atoms with Crippen LogP contribution in [0.15, 0.2) is 178 Å². The van der Waals surface area contributed by atoms with Crippen LogP contribution in [0.5, 0.6) is 17.2 Å². The lowest BCUT2D eigenvalue weighted by Crippen LogP contribution is -2.14. The van der Waals surface area contributed by atoms with Gasteiger partial charge in [-0.1, -0.05) is 123 Å². The Hall–Kier alpha value is -6.79. The summed E-state index contributed by atoms with van der Waals surface area (Å²) in [7, 11) is 0. The molecule has 0 bridgehead atoms. The van der Waals surface area contributed by atoms with Crippen molar-refractivity contribution in [1.82, 2.24) is 0 Å². The Balaban J connectivity index is 1.43. The maximum absolute atomic E-state index is 12.6. The molecule has 5 aromatic carbocycles. The van der Waals surface area contributed by atoms with E-state index in [1.54, 1.807) is 30.3 Å². The van der Waals surface area contributed by atoms with Crippen molar-refractivity contribution in [3.8, 4) is 39.5 Å². The minimum Gasteiger partial charge on any atom is -0.423 e. The minimum absolute atomic E-state index is 0.127. The second-order valence-corrected chi connectivity index (χ2v) is 11.7. The largest absolute Gasteiger partial charge is 0.423 e. The molecule has 0 radical (unpaired) electrons. The first-order chi connectivity index (χ1) is 24.8. The van der Waals surface area contributed by atoms with E-state index < -0.39 is 17.9 Å². The van der Waals surface area contributed by atoms with Crippen LogP contribution in [-0.2, 0) is 14.4 Å². The molecular formula is C45H34O6. The molecule has 0 aliphatic heterocycles. The molecule has 0 saturated carbocycles. The van der Waals surface area contributed by atoms with Gasteiger partial charge in [0.1, 0.15) is 17.2 Å². The molecule has 2 unspecified atom stereocenters. The molecule has 0 amide bonds.